The van der Waals surface area contributed by atoms with E-state index in [4.69, 9.17) is 23.2 Å². The Morgan fingerprint density at radius 3 is 2.56 bits per heavy atom. The van der Waals surface area contributed by atoms with E-state index in [9.17, 15) is 4.79 Å². The predicted octanol–water partition coefficient (Wildman–Crippen LogP) is 3.95. The van der Waals surface area contributed by atoms with Gasteiger partial charge in [-0.15, -0.1) is 0 Å². The van der Waals surface area contributed by atoms with Crippen LogP contribution in [0.15, 0.2) is 67.3 Å². The van der Waals surface area contributed by atoms with Gasteiger partial charge < -0.3 is 5.32 Å². The van der Waals surface area contributed by atoms with Crippen molar-refractivity contribution in [2.24, 2.45) is 0 Å². The Labute approximate surface area is 164 Å². The molecule has 0 fully saturated rings. The van der Waals surface area contributed by atoms with Crippen molar-refractivity contribution in [1.29, 1.82) is 0 Å². The van der Waals surface area contributed by atoms with Gasteiger partial charge in [-0.05, 0) is 35.4 Å². The van der Waals surface area contributed by atoms with Gasteiger partial charge in [0.15, 0.2) is 11.3 Å². The molecule has 27 heavy (non-hydrogen) atoms. The number of benzene rings is 1. The SMILES string of the molecule is O=C(N[C@H](c1ccc(Cl)cc1)c1cccnc1)c1nn2cccnc2c1Cl. The second-order valence-corrected chi connectivity index (χ2v) is 6.61. The Bertz CT molecular complexity index is 1100. The van der Waals surface area contributed by atoms with Crippen molar-refractivity contribution < 1.29 is 4.79 Å². The number of fused-ring (bicyclic) bond motifs is 1. The molecule has 0 radical (unpaired) electrons. The number of halogens is 2. The van der Waals surface area contributed by atoms with Crippen molar-refractivity contribution in [2.45, 2.75) is 6.04 Å². The molecule has 4 aromatic rings. The third-order valence-electron chi connectivity index (χ3n) is 4.05. The fraction of sp³-hybridized carbons (Fsp3) is 0.0526. The Morgan fingerprint density at radius 1 is 1.04 bits per heavy atom. The van der Waals surface area contributed by atoms with Gasteiger partial charge in [-0.3, -0.25) is 9.78 Å². The van der Waals surface area contributed by atoms with Crippen molar-refractivity contribution in [1.82, 2.24) is 24.9 Å². The molecule has 0 saturated heterocycles. The van der Waals surface area contributed by atoms with Gasteiger partial charge in [0.2, 0.25) is 0 Å². The van der Waals surface area contributed by atoms with Gasteiger partial charge in [0.05, 0.1) is 6.04 Å². The van der Waals surface area contributed by atoms with Gasteiger partial charge in [0.1, 0.15) is 5.02 Å². The molecule has 0 unspecified atom stereocenters. The summed E-state index contributed by atoms with van der Waals surface area (Å²) in [4.78, 5) is 21.2. The van der Waals surface area contributed by atoms with Crippen molar-refractivity contribution in [3.05, 3.63) is 94.1 Å². The summed E-state index contributed by atoms with van der Waals surface area (Å²) in [5.74, 6) is -0.408. The average molecular weight is 398 g/mol. The highest BCUT2D eigenvalue weighted by atomic mass is 35.5. The second-order valence-electron chi connectivity index (χ2n) is 5.79. The first-order valence-corrected chi connectivity index (χ1v) is 8.84. The van der Waals surface area contributed by atoms with Crippen LogP contribution >= 0.6 is 23.2 Å². The van der Waals surface area contributed by atoms with Gasteiger partial charge in [0, 0.05) is 29.8 Å². The number of hydrogen-bond donors (Lipinski definition) is 1. The number of nitrogens with zero attached hydrogens (tertiary/aromatic N) is 4. The zero-order chi connectivity index (χ0) is 18.8. The Morgan fingerprint density at radius 2 is 1.85 bits per heavy atom. The number of rotatable bonds is 4. The molecule has 8 heteroatoms. The first-order valence-electron chi connectivity index (χ1n) is 8.08. The number of pyridine rings is 1. The smallest absolute Gasteiger partial charge is 0.274 e. The molecule has 1 aromatic carbocycles. The highest BCUT2D eigenvalue weighted by molar-refractivity contribution is 6.36. The van der Waals surface area contributed by atoms with Crippen LogP contribution in [0.4, 0.5) is 0 Å². The van der Waals surface area contributed by atoms with E-state index >= 15 is 0 Å². The minimum atomic E-state index is -0.433. The molecular weight excluding hydrogens is 385 g/mol. The number of hydrogen-bond acceptors (Lipinski definition) is 4. The van der Waals surface area contributed by atoms with Gasteiger partial charge in [-0.2, -0.15) is 5.10 Å². The Kier molecular flexibility index (Phi) is 4.75. The summed E-state index contributed by atoms with van der Waals surface area (Å²) in [6.45, 7) is 0. The molecule has 3 heterocycles. The van der Waals surface area contributed by atoms with E-state index in [1.54, 1.807) is 43.0 Å². The maximum atomic E-state index is 12.9. The molecule has 4 rings (SSSR count). The molecule has 3 aromatic heterocycles. The summed E-state index contributed by atoms with van der Waals surface area (Å²) < 4.78 is 1.47. The number of aromatic nitrogens is 4. The zero-order valence-electron chi connectivity index (χ0n) is 13.9. The summed E-state index contributed by atoms with van der Waals surface area (Å²) in [5.41, 5.74) is 2.22. The normalized spacial score (nSPS) is 12.1. The summed E-state index contributed by atoms with van der Waals surface area (Å²) in [7, 11) is 0. The summed E-state index contributed by atoms with van der Waals surface area (Å²) >= 11 is 12.3. The van der Waals surface area contributed by atoms with E-state index in [2.05, 4.69) is 20.4 Å². The molecule has 1 atom stereocenters. The zero-order valence-corrected chi connectivity index (χ0v) is 15.4. The van der Waals surface area contributed by atoms with E-state index in [-0.39, 0.29) is 10.7 Å². The second kappa shape index (κ2) is 7.34. The van der Waals surface area contributed by atoms with Gasteiger partial charge in [0.25, 0.3) is 5.91 Å². The lowest BCUT2D eigenvalue weighted by atomic mass is 10.00. The topological polar surface area (TPSA) is 72.2 Å². The van der Waals surface area contributed by atoms with Crippen LogP contribution in [0.2, 0.25) is 10.0 Å². The minimum absolute atomic E-state index is 0.109. The highest BCUT2D eigenvalue weighted by Crippen LogP contribution is 2.25. The van der Waals surface area contributed by atoms with Crippen LogP contribution in [0.25, 0.3) is 5.65 Å². The van der Waals surface area contributed by atoms with Gasteiger partial charge in [-0.25, -0.2) is 9.50 Å². The predicted molar refractivity (Wildman–Crippen MR) is 103 cm³/mol. The largest absolute Gasteiger partial charge is 0.340 e. The molecule has 0 bridgehead atoms. The van der Waals surface area contributed by atoms with Crippen molar-refractivity contribution in [3.8, 4) is 0 Å². The molecule has 1 N–H and O–H groups in total. The lowest BCUT2D eigenvalue weighted by molar-refractivity contribution is 0.0937. The molecule has 1 amide bonds. The van der Waals surface area contributed by atoms with Crippen LogP contribution in [-0.2, 0) is 0 Å². The number of nitrogens with one attached hydrogen (secondary N) is 1. The lowest BCUT2D eigenvalue weighted by Gasteiger charge is -2.19. The fourth-order valence-corrected chi connectivity index (χ4v) is 3.15. The Balaban J connectivity index is 1.71. The van der Waals surface area contributed by atoms with E-state index in [0.717, 1.165) is 11.1 Å². The molecular formula is C19H13Cl2N5O. The lowest BCUT2D eigenvalue weighted by Crippen LogP contribution is -2.30. The molecule has 6 nitrogen and oxygen atoms in total. The maximum absolute atomic E-state index is 12.9. The molecule has 0 aliphatic heterocycles. The third-order valence-corrected chi connectivity index (χ3v) is 4.65. The van der Waals surface area contributed by atoms with Crippen LogP contribution in [0.1, 0.15) is 27.7 Å². The summed E-state index contributed by atoms with van der Waals surface area (Å²) in [6, 6.07) is 12.2. The number of carbonyl (C=O) groups is 1. The average Bonchev–Trinajstić information content (AvgIpc) is 3.04. The molecule has 134 valence electrons. The van der Waals surface area contributed by atoms with E-state index in [1.165, 1.54) is 4.52 Å². The first-order chi connectivity index (χ1) is 13.1. The van der Waals surface area contributed by atoms with E-state index < -0.39 is 11.9 Å². The monoisotopic (exact) mass is 397 g/mol. The molecule has 0 aliphatic carbocycles. The standard InChI is InChI=1S/C19H13Cl2N5O/c20-14-6-4-12(5-7-14)16(13-3-1-8-22-11-13)24-19(27)17-15(21)18-23-9-2-10-26(18)25-17/h1-11,16H,(H,24,27)/t16-/m1/s1. The van der Waals surface area contributed by atoms with Crippen molar-refractivity contribution in [2.75, 3.05) is 0 Å². The fourth-order valence-electron chi connectivity index (χ4n) is 2.76. The minimum Gasteiger partial charge on any atom is -0.340 e. The summed E-state index contributed by atoms with van der Waals surface area (Å²) in [6.07, 6.45) is 6.65. The van der Waals surface area contributed by atoms with E-state index in [1.807, 2.05) is 24.3 Å². The Hall–Kier alpha value is -2.96. The first kappa shape index (κ1) is 17.5. The van der Waals surface area contributed by atoms with Crippen LogP contribution in [-0.4, -0.2) is 25.5 Å². The molecule has 0 spiro atoms. The van der Waals surface area contributed by atoms with Crippen LogP contribution in [0, 0.1) is 0 Å². The molecule has 0 saturated carbocycles. The number of carbonyl (C=O) groups excluding carboxylic acids is 1. The number of amides is 1. The maximum Gasteiger partial charge on any atom is 0.274 e. The third kappa shape index (κ3) is 3.49. The van der Waals surface area contributed by atoms with E-state index in [0.29, 0.717) is 10.7 Å². The van der Waals surface area contributed by atoms with Crippen molar-refractivity contribution >= 4 is 34.8 Å². The van der Waals surface area contributed by atoms with Crippen molar-refractivity contribution in [3.63, 3.8) is 0 Å². The van der Waals surface area contributed by atoms with Crippen LogP contribution in [0.3, 0.4) is 0 Å². The van der Waals surface area contributed by atoms with Crippen LogP contribution < -0.4 is 5.32 Å². The molecule has 0 aliphatic rings. The van der Waals surface area contributed by atoms with Gasteiger partial charge in [-0.1, -0.05) is 41.4 Å². The highest BCUT2D eigenvalue weighted by Gasteiger charge is 2.23. The quantitative estimate of drug-likeness (QED) is 0.565. The van der Waals surface area contributed by atoms with Crippen LogP contribution in [0.5, 0.6) is 0 Å². The summed E-state index contributed by atoms with van der Waals surface area (Å²) in [5, 5.41) is 8.04. The van der Waals surface area contributed by atoms with Gasteiger partial charge >= 0.3 is 0 Å².